The topological polar surface area (TPSA) is 73.0 Å². The van der Waals surface area contributed by atoms with E-state index in [2.05, 4.69) is 30.5 Å². The van der Waals surface area contributed by atoms with E-state index in [1.165, 1.54) is 0 Å². The van der Waals surface area contributed by atoms with Crippen LogP contribution in [0.15, 0.2) is 0 Å². The summed E-state index contributed by atoms with van der Waals surface area (Å²) in [6.07, 6.45) is 4.13. The highest BCUT2D eigenvalue weighted by Gasteiger charge is 2.29. The quantitative estimate of drug-likeness (QED) is 0.588. The minimum Gasteiger partial charge on any atom is -0.363 e. The van der Waals surface area contributed by atoms with Gasteiger partial charge in [-0.05, 0) is 32.9 Å². The number of aryl methyl sites for hydroxylation is 2. The molecule has 1 heterocycles. The molecule has 0 amide bonds. The van der Waals surface area contributed by atoms with Crippen molar-refractivity contribution < 1.29 is 4.92 Å². The lowest BCUT2D eigenvalue weighted by molar-refractivity contribution is -0.384. The molecule has 0 aliphatic heterocycles. The average molecular weight is 300 g/mol. The lowest BCUT2D eigenvalue weighted by atomic mass is 10.0. The summed E-state index contributed by atoms with van der Waals surface area (Å²) in [6.45, 7) is 9.23. The summed E-state index contributed by atoms with van der Waals surface area (Å²) in [5.41, 5.74) is 0.552. The highest BCUT2D eigenvalue weighted by molar-refractivity contribution is 8.00. The second-order valence-electron chi connectivity index (χ2n) is 4.80. The van der Waals surface area contributed by atoms with Crippen molar-refractivity contribution in [1.29, 1.82) is 0 Å². The van der Waals surface area contributed by atoms with Gasteiger partial charge in [0.05, 0.1) is 4.92 Å². The van der Waals surface area contributed by atoms with Crippen molar-refractivity contribution in [2.24, 2.45) is 0 Å². The lowest BCUT2D eigenvalue weighted by Gasteiger charge is -2.30. The van der Waals surface area contributed by atoms with E-state index in [4.69, 9.17) is 0 Å². The number of hydrogen-bond acceptors (Lipinski definition) is 5. The van der Waals surface area contributed by atoms with E-state index >= 15 is 0 Å². The molecule has 0 saturated carbocycles. The van der Waals surface area contributed by atoms with Gasteiger partial charge in [-0.15, -0.1) is 0 Å². The molecule has 0 radical (unpaired) electrons. The van der Waals surface area contributed by atoms with Crippen molar-refractivity contribution in [3.8, 4) is 0 Å². The number of thioether (sulfide) groups is 1. The van der Waals surface area contributed by atoms with Crippen molar-refractivity contribution in [3.63, 3.8) is 0 Å². The first kappa shape index (κ1) is 16.8. The molecule has 0 atom stereocenters. The third kappa shape index (κ3) is 3.26. The molecule has 0 aromatic carbocycles. The van der Waals surface area contributed by atoms with E-state index in [1.54, 1.807) is 11.6 Å². The zero-order valence-corrected chi connectivity index (χ0v) is 13.7. The van der Waals surface area contributed by atoms with Gasteiger partial charge in [-0.1, -0.05) is 13.8 Å². The Balaban J connectivity index is 3.05. The molecule has 1 rings (SSSR count). The van der Waals surface area contributed by atoms with Crippen molar-refractivity contribution >= 4 is 23.3 Å². The minimum absolute atomic E-state index is 0.0917. The zero-order chi connectivity index (χ0) is 15.3. The first-order chi connectivity index (χ1) is 9.44. The smallest absolute Gasteiger partial charge is 0.333 e. The van der Waals surface area contributed by atoms with Gasteiger partial charge in [0.2, 0.25) is 5.82 Å². The van der Waals surface area contributed by atoms with Crippen LogP contribution in [0.2, 0.25) is 0 Å². The van der Waals surface area contributed by atoms with Crippen LogP contribution in [0.3, 0.4) is 0 Å². The lowest BCUT2D eigenvalue weighted by Crippen LogP contribution is -2.32. The number of nitro groups is 1. The molecule has 0 unspecified atom stereocenters. The summed E-state index contributed by atoms with van der Waals surface area (Å²) < 4.78 is 1.77. The van der Waals surface area contributed by atoms with Crippen molar-refractivity contribution in [3.05, 3.63) is 15.8 Å². The second-order valence-corrected chi connectivity index (χ2v) is 6.08. The molecule has 1 N–H and O–H groups in total. The fourth-order valence-corrected chi connectivity index (χ4v) is 3.09. The predicted molar refractivity (Wildman–Crippen MR) is 84.6 cm³/mol. The van der Waals surface area contributed by atoms with E-state index in [9.17, 15) is 10.1 Å². The molecule has 0 spiro atoms. The molecule has 1 aromatic rings. The van der Waals surface area contributed by atoms with E-state index in [0.717, 1.165) is 12.8 Å². The summed E-state index contributed by atoms with van der Waals surface area (Å²) in [7, 11) is 0. The molecule has 0 bridgehead atoms. The van der Waals surface area contributed by atoms with Gasteiger partial charge in [-0.2, -0.15) is 16.9 Å². The van der Waals surface area contributed by atoms with Gasteiger partial charge >= 0.3 is 5.69 Å². The molecule has 7 heteroatoms. The Labute approximate surface area is 124 Å². The van der Waals surface area contributed by atoms with E-state index < -0.39 is 0 Å². The third-order valence-corrected chi connectivity index (χ3v) is 5.47. The van der Waals surface area contributed by atoms with Gasteiger partial charge in [-0.25, -0.2) is 4.68 Å². The van der Waals surface area contributed by atoms with Gasteiger partial charge in [0, 0.05) is 17.8 Å². The van der Waals surface area contributed by atoms with Gasteiger partial charge in [0.25, 0.3) is 0 Å². The maximum Gasteiger partial charge on any atom is 0.333 e. The van der Waals surface area contributed by atoms with Gasteiger partial charge in [0.1, 0.15) is 5.69 Å². The summed E-state index contributed by atoms with van der Waals surface area (Å²) >= 11 is 1.81. The number of anilines is 1. The highest BCUT2D eigenvalue weighted by atomic mass is 32.2. The Kier molecular flexibility index (Phi) is 5.86. The Morgan fingerprint density at radius 3 is 2.40 bits per heavy atom. The maximum atomic E-state index is 11.2. The van der Waals surface area contributed by atoms with Crippen molar-refractivity contribution in [2.45, 2.75) is 51.8 Å². The zero-order valence-electron chi connectivity index (χ0n) is 12.9. The number of nitrogens with zero attached hydrogens (tertiary/aromatic N) is 3. The first-order valence-electron chi connectivity index (χ1n) is 6.95. The predicted octanol–water partition coefficient (Wildman–Crippen LogP) is 3.45. The normalized spacial score (nSPS) is 11.7. The van der Waals surface area contributed by atoms with Crippen LogP contribution >= 0.6 is 11.8 Å². The fraction of sp³-hybridized carbons (Fsp3) is 0.769. The number of aromatic nitrogens is 2. The monoisotopic (exact) mass is 300 g/mol. The molecule has 0 aliphatic carbocycles. The Bertz CT molecular complexity index is 461. The molecule has 1 aromatic heterocycles. The molecule has 0 aliphatic rings. The first-order valence-corrected chi connectivity index (χ1v) is 8.17. The number of nitrogens with one attached hydrogen (secondary N) is 1. The van der Waals surface area contributed by atoms with Crippen LogP contribution in [0.1, 0.15) is 39.3 Å². The molecule has 0 fully saturated rings. The summed E-state index contributed by atoms with van der Waals surface area (Å²) in [5, 5.41) is 18.7. The maximum absolute atomic E-state index is 11.2. The highest BCUT2D eigenvalue weighted by Crippen LogP contribution is 2.33. The number of hydrogen-bond donors (Lipinski definition) is 1. The van der Waals surface area contributed by atoms with E-state index in [1.807, 2.05) is 18.7 Å². The van der Waals surface area contributed by atoms with Gasteiger partial charge in [-0.3, -0.25) is 10.1 Å². The van der Waals surface area contributed by atoms with Crippen molar-refractivity contribution in [1.82, 2.24) is 9.78 Å². The van der Waals surface area contributed by atoms with Crippen LogP contribution in [-0.4, -0.2) is 32.3 Å². The summed E-state index contributed by atoms with van der Waals surface area (Å²) in [4.78, 5) is 10.9. The Hall–Kier alpha value is -1.24. The molecule has 0 saturated heterocycles. The van der Waals surface area contributed by atoms with Crippen LogP contribution in [0.5, 0.6) is 0 Å². The number of rotatable bonds is 8. The molecular formula is C13H24N4O2S. The van der Waals surface area contributed by atoms with Crippen LogP contribution in [-0.2, 0) is 6.54 Å². The average Bonchev–Trinajstić information content (AvgIpc) is 2.77. The second kappa shape index (κ2) is 6.97. The van der Waals surface area contributed by atoms with E-state index in [-0.39, 0.29) is 15.4 Å². The molecular weight excluding hydrogens is 276 g/mol. The minimum atomic E-state index is -0.352. The van der Waals surface area contributed by atoms with E-state index in [0.29, 0.717) is 24.6 Å². The fourth-order valence-electron chi connectivity index (χ4n) is 2.30. The summed E-state index contributed by atoms with van der Waals surface area (Å²) in [5.74, 6) is 0.523. The molecule has 20 heavy (non-hydrogen) atoms. The largest absolute Gasteiger partial charge is 0.363 e. The molecule has 6 nitrogen and oxygen atoms in total. The SMILES string of the molecule is CCn1nc(C)c([N+](=O)[O-])c1NCC(CC)(CC)SC. The Morgan fingerprint density at radius 1 is 1.40 bits per heavy atom. The van der Waals surface area contributed by atoms with Crippen LogP contribution in [0.25, 0.3) is 0 Å². The molecule has 114 valence electrons. The Morgan fingerprint density at radius 2 is 2.00 bits per heavy atom. The van der Waals surface area contributed by atoms with Crippen LogP contribution in [0.4, 0.5) is 11.5 Å². The van der Waals surface area contributed by atoms with Crippen LogP contribution in [0, 0.1) is 17.0 Å². The van der Waals surface area contributed by atoms with Crippen LogP contribution < -0.4 is 5.32 Å². The van der Waals surface area contributed by atoms with Gasteiger partial charge in [0.15, 0.2) is 0 Å². The summed E-state index contributed by atoms with van der Waals surface area (Å²) in [6, 6.07) is 0. The standard InChI is InChI=1S/C13H24N4O2S/c1-6-13(7-2,20-5)9-14-12-11(17(18)19)10(4)15-16(12)8-3/h14H,6-9H2,1-5H3. The third-order valence-electron chi connectivity index (χ3n) is 3.88. The van der Waals surface area contributed by atoms with Crippen molar-refractivity contribution in [2.75, 3.05) is 18.1 Å². The van der Waals surface area contributed by atoms with Gasteiger partial charge < -0.3 is 5.32 Å².